The molecule has 7 nitrogen and oxygen atoms in total. The van der Waals surface area contributed by atoms with Gasteiger partial charge in [-0.15, -0.1) is 0 Å². The van der Waals surface area contributed by atoms with E-state index in [1.54, 1.807) is 18.5 Å². The fourth-order valence-corrected chi connectivity index (χ4v) is 4.48. The van der Waals surface area contributed by atoms with Crippen LogP contribution in [0, 0.1) is 18.3 Å². The molecule has 1 aromatic heterocycles. The van der Waals surface area contributed by atoms with Crippen LogP contribution in [0.2, 0.25) is 0 Å². The topological polar surface area (TPSA) is 91.0 Å². The van der Waals surface area contributed by atoms with Crippen LogP contribution in [0.25, 0.3) is 16.5 Å². The molecule has 0 saturated carbocycles. The summed E-state index contributed by atoms with van der Waals surface area (Å²) in [6, 6.07) is 24.5. The van der Waals surface area contributed by atoms with Gasteiger partial charge in [0.1, 0.15) is 11.6 Å². The molecule has 2 heterocycles. The number of para-hydroxylation sites is 1. The molecule has 0 spiro atoms. The summed E-state index contributed by atoms with van der Waals surface area (Å²) in [5.41, 5.74) is 1.65. The van der Waals surface area contributed by atoms with Crippen molar-refractivity contribution in [2.24, 2.45) is 0 Å². The van der Waals surface area contributed by atoms with E-state index in [1.807, 2.05) is 72.8 Å². The van der Waals surface area contributed by atoms with Crippen LogP contribution in [-0.2, 0) is 16.9 Å². The summed E-state index contributed by atoms with van der Waals surface area (Å²) < 4.78 is 1.63. The average molecular weight is 435 g/mol. The average Bonchev–Trinajstić information content (AvgIpc) is 3.27. The van der Waals surface area contributed by atoms with Gasteiger partial charge in [0, 0.05) is 0 Å². The molecule has 3 aromatic carbocycles. The number of carbonyl (C=O) groups is 2. The molecule has 1 saturated heterocycles. The number of nitrogens with one attached hydrogen (secondary N) is 1. The number of nitrogens with zero attached hydrogens (tertiary/aromatic N) is 4. The number of nitriles is 1. The number of hydrogen-bond donors (Lipinski definition) is 1. The number of amides is 3. The van der Waals surface area contributed by atoms with Gasteiger partial charge in [0.25, 0.3) is 5.91 Å². The number of aromatic nitrogens is 2. The molecule has 7 heteroatoms. The molecule has 3 amide bonds. The summed E-state index contributed by atoms with van der Waals surface area (Å²) in [5.74, 6) is -0.369. The smallest absolute Gasteiger partial charge is 0.319 e. The molecule has 1 aliphatic heterocycles. The predicted molar refractivity (Wildman–Crippen MR) is 123 cm³/mol. The Labute approximate surface area is 190 Å². The van der Waals surface area contributed by atoms with Gasteiger partial charge in [0.05, 0.1) is 29.2 Å². The lowest BCUT2D eigenvalue weighted by Gasteiger charge is -2.24. The van der Waals surface area contributed by atoms with E-state index in [9.17, 15) is 14.9 Å². The summed E-state index contributed by atoms with van der Waals surface area (Å²) >= 11 is 0. The van der Waals surface area contributed by atoms with Crippen molar-refractivity contribution in [3.05, 3.63) is 95.3 Å². The Morgan fingerprint density at radius 2 is 1.70 bits per heavy atom. The number of imide groups is 1. The molecule has 1 aliphatic rings. The lowest BCUT2D eigenvalue weighted by molar-refractivity contribution is -0.131. The first-order chi connectivity index (χ1) is 15.9. The lowest BCUT2D eigenvalue weighted by Crippen LogP contribution is -2.41. The van der Waals surface area contributed by atoms with Gasteiger partial charge in [0.15, 0.2) is 0 Å². The van der Waals surface area contributed by atoms with E-state index < -0.39 is 11.6 Å². The second-order valence-electron chi connectivity index (χ2n) is 8.24. The zero-order chi connectivity index (χ0) is 23.2. The van der Waals surface area contributed by atoms with Crippen molar-refractivity contribution >= 4 is 22.7 Å². The van der Waals surface area contributed by atoms with Crippen molar-refractivity contribution in [1.82, 2.24) is 20.0 Å². The van der Waals surface area contributed by atoms with Gasteiger partial charge in [0.2, 0.25) is 0 Å². The maximum absolute atomic E-state index is 13.7. The molecule has 0 radical (unpaired) electrons. The normalized spacial score (nSPS) is 17.9. The molecule has 0 bridgehead atoms. The zero-order valence-corrected chi connectivity index (χ0v) is 18.2. The van der Waals surface area contributed by atoms with Crippen LogP contribution < -0.4 is 5.32 Å². The first-order valence-corrected chi connectivity index (χ1v) is 10.6. The minimum Gasteiger partial charge on any atom is -0.319 e. The van der Waals surface area contributed by atoms with Crippen molar-refractivity contribution in [1.29, 1.82) is 5.26 Å². The van der Waals surface area contributed by atoms with Gasteiger partial charge in [-0.05, 0) is 42.3 Å². The van der Waals surface area contributed by atoms with Crippen LogP contribution in [0.3, 0.4) is 0 Å². The highest BCUT2D eigenvalue weighted by atomic mass is 16.2. The van der Waals surface area contributed by atoms with Gasteiger partial charge < -0.3 is 5.32 Å². The van der Waals surface area contributed by atoms with E-state index in [4.69, 9.17) is 0 Å². The number of fused-ring (bicyclic) bond motifs is 1. The van der Waals surface area contributed by atoms with Crippen LogP contribution in [0.1, 0.15) is 29.4 Å². The van der Waals surface area contributed by atoms with Gasteiger partial charge in [-0.1, -0.05) is 60.7 Å². The third-order valence-electron chi connectivity index (χ3n) is 6.18. The van der Waals surface area contributed by atoms with E-state index >= 15 is 0 Å². The Hall–Kier alpha value is -4.44. The van der Waals surface area contributed by atoms with E-state index in [0.717, 1.165) is 22.0 Å². The standard InChI is InChI=1S/C26H21N5O2/c1-17-21(15-27)23(31(29-17)19-11-4-3-5-12-19)16-30-24(32)26(2,28-25(30)33)22-14-8-10-18-9-6-7-13-20(18)22/h3-14H,16H2,1-2H3,(H,28,33). The number of hydrogen-bond acceptors (Lipinski definition) is 4. The molecule has 1 atom stereocenters. The number of aryl methyl sites for hydroxylation is 1. The Morgan fingerprint density at radius 3 is 2.45 bits per heavy atom. The summed E-state index contributed by atoms with van der Waals surface area (Å²) in [5, 5.41) is 19.0. The number of carbonyl (C=O) groups excluding carboxylic acids is 2. The fourth-order valence-electron chi connectivity index (χ4n) is 4.48. The number of urea groups is 1. The molecule has 5 rings (SSSR count). The van der Waals surface area contributed by atoms with E-state index in [2.05, 4.69) is 16.5 Å². The quantitative estimate of drug-likeness (QED) is 0.487. The molecular formula is C26H21N5O2. The maximum atomic E-state index is 13.7. The fraction of sp³-hybridized carbons (Fsp3) is 0.154. The van der Waals surface area contributed by atoms with Gasteiger partial charge in [-0.3, -0.25) is 9.69 Å². The van der Waals surface area contributed by atoms with E-state index in [-0.39, 0.29) is 12.5 Å². The molecule has 162 valence electrons. The van der Waals surface area contributed by atoms with Crippen molar-refractivity contribution < 1.29 is 9.59 Å². The Bertz CT molecular complexity index is 1450. The van der Waals surface area contributed by atoms with Gasteiger partial charge >= 0.3 is 6.03 Å². The minimum absolute atomic E-state index is 0.0658. The van der Waals surface area contributed by atoms with Crippen LogP contribution in [0.4, 0.5) is 4.79 Å². The largest absolute Gasteiger partial charge is 0.325 e. The summed E-state index contributed by atoms with van der Waals surface area (Å²) in [6.07, 6.45) is 0. The summed E-state index contributed by atoms with van der Waals surface area (Å²) in [7, 11) is 0. The third-order valence-corrected chi connectivity index (χ3v) is 6.18. The first-order valence-electron chi connectivity index (χ1n) is 10.6. The Balaban J connectivity index is 1.57. The molecule has 1 N–H and O–H groups in total. The maximum Gasteiger partial charge on any atom is 0.325 e. The predicted octanol–water partition coefficient (Wildman–Crippen LogP) is 4.17. The first kappa shape index (κ1) is 20.5. The molecular weight excluding hydrogens is 414 g/mol. The SMILES string of the molecule is Cc1nn(-c2ccccc2)c(CN2C(=O)NC(C)(c3cccc4ccccc34)C2=O)c1C#N. The highest BCUT2D eigenvalue weighted by Gasteiger charge is 2.50. The highest BCUT2D eigenvalue weighted by Crippen LogP contribution is 2.35. The second-order valence-corrected chi connectivity index (χ2v) is 8.24. The number of benzene rings is 3. The van der Waals surface area contributed by atoms with Crippen molar-refractivity contribution in [2.75, 3.05) is 0 Å². The minimum atomic E-state index is -1.22. The number of rotatable bonds is 4. The van der Waals surface area contributed by atoms with Gasteiger partial charge in [-0.25, -0.2) is 9.48 Å². The van der Waals surface area contributed by atoms with Crippen molar-refractivity contribution in [3.8, 4) is 11.8 Å². The van der Waals surface area contributed by atoms with Crippen molar-refractivity contribution in [2.45, 2.75) is 25.9 Å². The highest BCUT2D eigenvalue weighted by molar-refractivity contribution is 6.09. The van der Waals surface area contributed by atoms with Crippen LogP contribution >= 0.6 is 0 Å². The molecule has 1 fully saturated rings. The zero-order valence-electron chi connectivity index (χ0n) is 18.2. The molecule has 1 unspecified atom stereocenters. The molecule has 4 aromatic rings. The second kappa shape index (κ2) is 7.61. The summed E-state index contributed by atoms with van der Waals surface area (Å²) in [4.78, 5) is 27.9. The molecule has 0 aliphatic carbocycles. The monoisotopic (exact) mass is 435 g/mol. The van der Waals surface area contributed by atoms with E-state index in [0.29, 0.717) is 17.0 Å². The van der Waals surface area contributed by atoms with Crippen molar-refractivity contribution in [3.63, 3.8) is 0 Å². The van der Waals surface area contributed by atoms with Crippen LogP contribution in [0.5, 0.6) is 0 Å². The van der Waals surface area contributed by atoms with Crippen LogP contribution in [0.15, 0.2) is 72.8 Å². The summed E-state index contributed by atoms with van der Waals surface area (Å²) in [6.45, 7) is 3.40. The lowest BCUT2D eigenvalue weighted by atomic mass is 9.88. The molecule has 33 heavy (non-hydrogen) atoms. The van der Waals surface area contributed by atoms with Gasteiger partial charge in [-0.2, -0.15) is 10.4 Å². The van der Waals surface area contributed by atoms with E-state index in [1.165, 1.54) is 4.90 Å². The Kier molecular flexibility index (Phi) is 4.72. The van der Waals surface area contributed by atoms with Crippen LogP contribution in [-0.4, -0.2) is 26.6 Å². The Morgan fingerprint density at radius 1 is 1.00 bits per heavy atom. The third kappa shape index (κ3) is 3.15.